The molecule has 0 spiro atoms. The molecule has 0 aliphatic heterocycles. The van der Waals surface area contributed by atoms with Gasteiger partial charge >= 0.3 is 0 Å². The highest BCUT2D eigenvalue weighted by molar-refractivity contribution is 5.16. The van der Waals surface area contributed by atoms with Crippen LogP contribution in [0, 0.1) is 23.7 Å². The summed E-state index contributed by atoms with van der Waals surface area (Å²) in [6.45, 7) is 8.09. The van der Waals surface area contributed by atoms with Crippen molar-refractivity contribution < 1.29 is 0 Å². The second-order valence-corrected chi connectivity index (χ2v) is 9.03. The van der Waals surface area contributed by atoms with Crippen molar-refractivity contribution in [1.82, 2.24) is 10.3 Å². The standard InChI is InChI=1S/C19H28N2/c1-14-5-4-6-16(21-14)10-20-19-9-15-7-17(2,12-19)11-18(3,8-15)13-19/h4-6,15,20H,7-13H2,1-3H3. The topological polar surface area (TPSA) is 24.9 Å². The van der Waals surface area contributed by atoms with E-state index >= 15 is 0 Å². The lowest BCUT2D eigenvalue weighted by atomic mass is 9.43. The average Bonchev–Trinajstić information content (AvgIpc) is 2.32. The first-order chi connectivity index (χ1) is 9.88. The van der Waals surface area contributed by atoms with Gasteiger partial charge in [0.05, 0.1) is 5.69 Å². The van der Waals surface area contributed by atoms with E-state index in [0.29, 0.717) is 16.4 Å². The minimum Gasteiger partial charge on any atom is -0.306 e. The lowest BCUT2D eigenvalue weighted by Gasteiger charge is -2.65. The highest BCUT2D eigenvalue weighted by atomic mass is 15.0. The molecule has 2 unspecified atom stereocenters. The van der Waals surface area contributed by atoms with Gasteiger partial charge in [0.1, 0.15) is 0 Å². The Hall–Kier alpha value is -0.890. The van der Waals surface area contributed by atoms with Gasteiger partial charge < -0.3 is 5.32 Å². The summed E-state index contributed by atoms with van der Waals surface area (Å²) in [6, 6.07) is 6.36. The molecular weight excluding hydrogens is 256 g/mol. The van der Waals surface area contributed by atoms with Crippen molar-refractivity contribution in [3.8, 4) is 0 Å². The molecule has 0 aromatic carbocycles. The Kier molecular flexibility index (Phi) is 2.83. The molecule has 2 nitrogen and oxygen atoms in total. The predicted molar refractivity (Wildman–Crippen MR) is 86.0 cm³/mol. The van der Waals surface area contributed by atoms with Gasteiger partial charge in [-0.2, -0.15) is 0 Å². The zero-order chi connectivity index (χ0) is 14.7. The molecule has 4 fully saturated rings. The summed E-state index contributed by atoms with van der Waals surface area (Å²) in [5.41, 5.74) is 3.87. The minimum atomic E-state index is 0.383. The molecule has 0 amide bonds. The van der Waals surface area contributed by atoms with Gasteiger partial charge in [0.2, 0.25) is 0 Å². The molecule has 0 saturated heterocycles. The molecule has 4 aliphatic carbocycles. The van der Waals surface area contributed by atoms with Crippen LogP contribution in [-0.2, 0) is 6.54 Å². The van der Waals surface area contributed by atoms with Crippen LogP contribution in [0.4, 0.5) is 0 Å². The molecule has 2 heteroatoms. The second-order valence-electron chi connectivity index (χ2n) is 9.03. The van der Waals surface area contributed by atoms with Gasteiger partial charge in [0.15, 0.2) is 0 Å². The highest BCUT2D eigenvalue weighted by Crippen LogP contribution is 2.66. The van der Waals surface area contributed by atoms with Crippen LogP contribution in [0.2, 0.25) is 0 Å². The van der Waals surface area contributed by atoms with Gasteiger partial charge in [-0.3, -0.25) is 4.98 Å². The molecule has 4 aliphatic rings. The van der Waals surface area contributed by atoms with E-state index in [1.165, 1.54) is 44.2 Å². The number of aromatic nitrogens is 1. The van der Waals surface area contributed by atoms with Crippen LogP contribution < -0.4 is 5.32 Å². The van der Waals surface area contributed by atoms with Crippen molar-refractivity contribution in [2.45, 2.75) is 71.4 Å². The second kappa shape index (κ2) is 4.32. The SMILES string of the molecule is Cc1cccc(CNC23CC4CC(C)(CC(C)(C4)C2)C3)n1. The van der Waals surface area contributed by atoms with Crippen LogP contribution in [-0.4, -0.2) is 10.5 Å². The zero-order valence-corrected chi connectivity index (χ0v) is 13.7. The number of hydrogen-bond acceptors (Lipinski definition) is 2. The zero-order valence-electron chi connectivity index (χ0n) is 13.7. The minimum absolute atomic E-state index is 0.383. The van der Waals surface area contributed by atoms with Crippen molar-refractivity contribution in [2.75, 3.05) is 0 Å². The molecule has 0 radical (unpaired) electrons. The fraction of sp³-hybridized carbons (Fsp3) is 0.737. The Balaban J connectivity index is 1.54. The Morgan fingerprint density at radius 1 is 1.10 bits per heavy atom. The molecule has 1 heterocycles. The molecule has 1 aromatic rings. The van der Waals surface area contributed by atoms with Gasteiger partial charge in [-0.05, 0) is 74.3 Å². The highest BCUT2D eigenvalue weighted by Gasteiger charge is 2.59. The third kappa shape index (κ3) is 2.42. The first-order valence-corrected chi connectivity index (χ1v) is 8.56. The summed E-state index contributed by atoms with van der Waals surface area (Å²) >= 11 is 0. The molecular formula is C19H28N2. The summed E-state index contributed by atoms with van der Waals surface area (Å²) in [5.74, 6) is 0.953. The van der Waals surface area contributed by atoms with Crippen molar-refractivity contribution in [3.05, 3.63) is 29.6 Å². The van der Waals surface area contributed by atoms with E-state index < -0.39 is 0 Å². The van der Waals surface area contributed by atoms with Crippen LogP contribution in [0.5, 0.6) is 0 Å². The quantitative estimate of drug-likeness (QED) is 0.898. The number of nitrogens with one attached hydrogen (secondary N) is 1. The summed E-state index contributed by atoms with van der Waals surface area (Å²) in [6.07, 6.45) is 8.52. The van der Waals surface area contributed by atoms with Crippen LogP contribution in [0.3, 0.4) is 0 Å². The van der Waals surface area contributed by atoms with E-state index in [1.54, 1.807) is 0 Å². The maximum atomic E-state index is 4.66. The lowest BCUT2D eigenvalue weighted by molar-refractivity contribution is -0.118. The van der Waals surface area contributed by atoms with Crippen molar-refractivity contribution >= 4 is 0 Å². The smallest absolute Gasteiger partial charge is 0.0545 e. The van der Waals surface area contributed by atoms with E-state index in [-0.39, 0.29) is 0 Å². The lowest BCUT2D eigenvalue weighted by Crippen LogP contribution is -2.63. The number of rotatable bonds is 3. The van der Waals surface area contributed by atoms with Gasteiger partial charge in [-0.25, -0.2) is 0 Å². The third-order valence-corrected chi connectivity index (χ3v) is 6.22. The molecule has 4 saturated carbocycles. The van der Waals surface area contributed by atoms with E-state index in [0.717, 1.165) is 18.2 Å². The van der Waals surface area contributed by atoms with Crippen molar-refractivity contribution in [1.29, 1.82) is 0 Å². The van der Waals surface area contributed by atoms with Crippen molar-refractivity contribution in [2.24, 2.45) is 16.7 Å². The first-order valence-electron chi connectivity index (χ1n) is 8.56. The van der Waals surface area contributed by atoms with E-state index in [4.69, 9.17) is 0 Å². The molecule has 21 heavy (non-hydrogen) atoms. The maximum absolute atomic E-state index is 4.66. The molecule has 2 atom stereocenters. The van der Waals surface area contributed by atoms with Crippen LogP contribution in [0.1, 0.15) is 63.8 Å². The van der Waals surface area contributed by atoms with Gasteiger partial charge in [-0.15, -0.1) is 0 Å². The van der Waals surface area contributed by atoms with Crippen LogP contribution in [0.25, 0.3) is 0 Å². The van der Waals surface area contributed by atoms with E-state index in [2.05, 4.69) is 49.3 Å². The first kappa shape index (κ1) is 13.8. The molecule has 114 valence electrons. The van der Waals surface area contributed by atoms with Crippen molar-refractivity contribution in [3.63, 3.8) is 0 Å². The number of hydrogen-bond donors (Lipinski definition) is 1. The number of pyridine rings is 1. The largest absolute Gasteiger partial charge is 0.306 e. The van der Waals surface area contributed by atoms with E-state index in [1.807, 2.05) is 0 Å². The van der Waals surface area contributed by atoms with E-state index in [9.17, 15) is 0 Å². The Morgan fingerprint density at radius 2 is 1.81 bits per heavy atom. The molecule has 4 bridgehead atoms. The Bertz CT molecular complexity index is 546. The number of aryl methyl sites for hydroxylation is 1. The maximum Gasteiger partial charge on any atom is 0.0545 e. The fourth-order valence-corrected chi connectivity index (χ4v) is 6.62. The molecule has 5 rings (SSSR count). The monoisotopic (exact) mass is 284 g/mol. The average molecular weight is 284 g/mol. The normalized spacial score (nSPS) is 44.2. The third-order valence-electron chi connectivity index (χ3n) is 6.22. The predicted octanol–water partition coefficient (Wildman–Crippen LogP) is 4.23. The summed E-state index contributed by atoms with van der Waals surface area (Å²) < 4.78 is 0. The van der Waals surface area contributed by atoms with Crippen LogP contribution in [0.15, 0.2) is 18.2 Å². The van der Waals surface area contributed by atoms with Crippen LogP contribution >= 0.6 is 0 Å². The fourth-order valence-electron chi connectivity index (χ4n) is 6.62. The van der Waals surface area contributed by atoms with Gasteiger partial charge in [0.25, 0.3) is 0 Å². The molecule has 1 aromatic heterocycles. The van der Waals surface area contributed by atoms with Gasteiger partial charge in [0, 0.05) is 17.8 Å². The van der Waals surface area contributed by atoms with Gasteiger partial charge in [-0.1, -0.05) is 19.9 Å². The Morgan fingerprint density at radius 3 is 2.43 bits per heavy atom. The number of nitrogens with zero attached hydrogens (tertiary/aromatic N) is 1. The summed E-state index contributed by atoms with van der Waals surface area (Å²) in [7, 11) is 0. The summed E-state index contributed by atoms with van der Waals surface area (Å²) in [4.78, 5) is 4.66. The Labute approximate surface area is 128 Å². The molecule has 1 N–H and O–H groups in total. The summed E-state index contributed by atoms with van der Waals surface area (Å²) in [5, 5.41) is 3.96.